The Morgan fingerprint density at radius 3 is 2.85 bits per heavy atom. The minimum Gasteiger partial charge on any atom is -0.377 e. The first-order chi connectivity index (χ1) is 6.24. The first-order valence-corrected chi connectivity index (χ1v) is 5.59. The minimum absolute atomic E-state index is 0.418. The molecule has 0 radical (unpaired) electrons. The molecule has 13 heavy (non-hydrogen) atoms. The van der Waals surface area contributed by atoms with Crippen molar-refractivity contribution in [3.05, 3.63) is 0 Å². The molecule has 0 aliphatic carbocycles. The van der Waals surface area contributed by atoms with Gasteiger partial charge in [0.15, 0.2) is 0 Å². The summed E-state index contributed by atoms with van der Waals surface area (Å²) in [5, 5.41) is 3.59. The van der Waals surface area contributed by atoms with E-state index in [1.54, 1.807) is 0 Å². The largest absolute Gasteiger partial charge is 0.377 e. The Kier molecular flexibility index (Phi) is 4.74. The molecule has 1 heterocycles. The van der Waals surface area contributed by atoms with Crippen molar-refractivity contribution in [3.8, 4) is 0 Å². The molecule has 1 N–H and O–H groups in total. The third kappa shape index (κ3) is 3.65. The van der Waals surface area contributed by atoms with E-state index in [9.17, 15) is 0 Å². The van der Waals surface area contributed by atoms with E-state index in [-0.39, 0.29) is 0 Å². The van der Waals surface area contributed by atoms with Gasteiger partial charge in [0.25, 0.3) is 0 Å². The van der Waals surface area contributed by atoms with Gasteiger partial charge in [-0.1, -0.05) is 27.2 Å². The zero-order chi connectivity index (χ0) is 9.68. The monoisotopic (exact) mass is 185 g/mol. The van der Waals surface area contributed by atoms with Crippen molar-refractivity contribution in [1.82, 2.24) is 5.32 Å². The minimum atomic E-state index is 0.418. The molecule has 0 aromatic carbocycles. The lowest BCUT2D eigenvalue weighted by atomic mass is 10.1. The highest BCUT2D eigenvalue weighted by atomic mass is 16.5. The van der Waals surface area contributed by atoms with Crippen LogP contribution in [0.3, 0.4) is 0 Å². The average molecular weight is 185 g/mol. The molecule has 0 spiro atoms. The standard InChI is InChI=1S/C11H23NO/c1-4-5-10-6-7-13-11(8-12-10)9(2)3/h9-12H,4-8H2,1-3H3. The van der Waals surface area contributed by atoms with Gasteiger partial charge in [-0.2, -0.15) is 0 Å². The predicted octanol–water partition coefficient (Wildman–Crippen LogP) is 2.19. The molecule has 2 atom stereocenters. The average Bonchev–Trinajstić information content (AvgIpc) is 2.30. The van der Waals surface area contributed by atoms with Crippen molar-refractivity contribution in [2.24, 2.45) is 5.92 Å². The fraction of sp³-hybridized carbons (Fsp3) is 1.00. The van der Waals surface area contributed by atoms with Crippen LogP contribution in [0.25, 0.3) is 0 Å². The lowest BCUT2D eigenvalue weighted by molar-refractivity contribution is 0.0353. The molecule has 2 nitrogen and oxygen atoms in total. The second-order valence-electron chi connectivity index (χ2n) is 4.34. The van der Waals surface area contributed by atoms with Crippen LogP contribution in [0.4, 0.5) is 0 Å². The number of nitrogens with one attached hydrogen (secondary N) is 1. The molecule has 0 aromatic rings. The topological polar surface area (TPSA) is 21.3 Å². The van der Waals surface area contributed by atoms with Crippen molar-refractivity contribution in [1.29, 1.82) is 0 Å². The Morgan fingerprint density at radius 1 is 1.46 bits per heavy atom. The summed E-state index contributed by atoms with van der Waals surface area (Å²) in [6, 6.07) is 0.689. The fourth-order valence-electron chi connectivity index (χ4n) is 1.83. The molecule has 0 bridgehead atoms. The molecular weight excluding hydrogens is 162 g/mol. The molecule has 0 aromatic heterocycles. The molecule has 1 fully saturated rings. The number of hydrogen-bond acceptors (Lipinski definition) is 2. The quantitative estimate of drug-likeness (QED) is 0.727. The Morgan fingerprint density at radius 2 is 2.23 bits per heavy atom. The van der Waals surface area contributed by atoms with Crippen LogP contribution in [0.2, 0.25) is 0 Å². The van der Waals surface area contributed by atoms with Gasteiger partial charge in [-0.05, 0) is 18.8 Å². The summed E-state index contributed by atoms with van der Waals surface area (Å²) in [4.78, 5) is 0. The van der Waals surface area contributed by atoms with Gasteiger partial charge < -0.3 is 10.1 Å². The summed E-state index contributed by atoms with van der Waals surface area (Å²) in [5.41, 5.74) is 0. The van der Waals surface area contributed by atoms with Gasteiger partial charge in [0, 0.05) is 19.2 Å². The van der Waals surface area contributed by atoms with Gasteiger partial charge >= 0.3 is 0 Å². The highest BCUT2D eigenvalue weighted by Gasteiger charge is 2.19. The van der Waals surface area contributed by atoms with Gasteiger partial charge in [-0.3, -0.25) is 0 Å². The number of rotatable bonds is 3. The Balaban J connectivity index is 2.30. The van der Waals surface area contributed by atoms with Crippen molar-refractivity contribution in [2.75, 3.05) is 13.2 Å². The third-order valence-electron chi connectivity index (χ3n) is 2.79. The maximum absolute atomic E-state index is 5.78. The number of ether oxygens (including phenoxy) is 1. The zero-order valence-corrected chi connectivity index (χ0v) is 9.18. The maximum atomic E-state index is 5.78. The summed E-state index contributed by atoms with van der Waals surface area (Å²) >= 11 is 0. The van der Waals surface area contributed by atoms with Crippen LogP contribution in [0, 0.1) is 5.92 Å². The van der Waals surface area contributed by atoms with Gasteiger partial charge in [0.1, 0.15) is 0 Å². The smallest absolute Gasteiger partial charge is 0.0722 e. The molecule has 2 unspecified atom stereocenters. The van der Waals surface area contributed by atoms with Crippen LogP contribution in [-0.4, -0.2) is 25.3 Å². The lowest BCUT2D eigenvalue weighted by Gasteiger charge is -2.19. The first-order valence-electron chi connectivity index (χ1n) is 5.59. The van der Waals surface area contributed by atoms with Gasteiger partial charge in [-0.25, -0.2) is 0 Å². The molecule has 1 aliphatic rings. The van der Waals surface area contributed by atoms with E-state index in [2.05, 4.69) is 26.1 Å². The third-order valence-corrected chi connectivity index (χ3v) is 2.79. The molecule has 1 aliphatic heterocycles. The van der Waals surface area contributed by atoms with Crippen LogP contribution >= 0.6 is 0 Å². The molecular formula is C11H23NO. The van der Waals surface area contributed by atoms with Crippen LogP contribution in [0.1, 0.15) is 40.0 Å². The van der Waals surface area contributed by atoms with Gasteiger partial charge in [0.05, 0.1) is 6.10 Å². The summed E-state index contributed by atoms with van der Waals surface area (Å²) in [6.45, 7) is 8.66. The maximum Gasteiger partial charge on any atom is 0.0722 e. The van der Waals surface area contributed by atoms with Crippen molar-refractivity contribution < 1.29 is 4.74 Å². The van der Waals surface area contributed by atoms with E-state index in [1.165, 1.54) is 19.3 Å². The van der Waals surface area contributed by atoms with Gasteiger partial charge in [-0.15, -0.1) is 0 Å². The zero-order valence-electron chi connectivity index (χ0n) is 9.18. The Hall–Kier alpha value is -0.0800. The van der Waals surface area contributed by atoms with Gasteiger partial charge in [0.2, 0.25) is 0 Å². The molecule has 78 valence electrons. The summed E-state index contributed by atoms with van der Waals surface area (Å²) < 4.78 is 5.78. The normalized spacial score (nSPS) is 30.5. The highest BCUT2D eigenvalue weighted by molar-refractivity contribution is 4.75. The highest BCUT2D eigenvalue weighted by Crippen LogP contribution is 2.12. The summed E-state index contributed by atoms with van der Waals surface area (Å²) in [5.74, 6) is 0.632. The van der Waals surface area contributed by atoms with E-state index in [0.29, 0.717) is 18.1 Å². The van der Waals surface area contributed by atoms with E-state index in [4.69, 9.17) is 4.74 Å². The fourth-order valence-corrected chi connectivity index (χ4v) is 1.83. The molecule has 0 saturated carbocycles. The van der Waals surface area contributed by atoms with E-state index < -0.39 is 0 Å². The van der Waals surface area contributed by atoms with E-state index >= 15 is 0 Å². The second kappa shape index (κ2) is 5.61. The lowest BCUT2D eigenvalue weighted by Crippen LogP contribution is -2.35. The van der Waals surface area contributed by atoms with E-state index in [0.717, 1.165) is 13.2 Å². The Bertz CT molecular complexity index is 136. The van der Waals surface area contributed by atoms with E-state index in [1.807, 2.05) is 0 Å². The van der Waals surface area contributed by atoms with Crippen molar-refractivity contribution in [3.63, 3.8) is 0 Å². The van der Waals surface area contributed by atoms with Crippen molar-refractivity contribution >= 4 is 0 Å². The molecule has 1 rings (SSSR count). The van der Waals surface area contributed by atoms with Crippen LogP contribution in [-0.2, 0) is 4.74 Å². The molecule has 2 heteroatoms. The predicted molar refractivity (Wildman–Crippen MR) is 55.9 cm³/mol. The van der Waals surface area contributed by atoms with Crippen LogP contribution < -0.4 is 5.32 Å². The summed E-state index contributed by atoms with van der Waals surface area (Å²) in [6.07, 6.45) is 4.15. The molecule has 1 saturated heterocycles. The SMILES string of the molecule is CCCC1CCOC(C(C)C)CN1. The number of hydrogen-bond donors (Lipinski definition) is 1. The first kappa shape index (κ1) is 11.0. The second-order valence-corrected chi connectivity index (χ2v) is 4.34. The van der Waals surface area contributed by atoms with Crippen LogP contribution in [0.15, 0.2) is 0 Å². The Labute approximate surface area is 82.0 Å². The molecule has 0 amide bonds. The van der Waals surface area contributed by atoms with Crippen molar-refractivity contribution in [2.45, 2.75) is 52.2 Å². The summed E-state index contributed by atoms with van der Waals surface area (Å²) in [7, 11) is 0. The van der Waals surface area contributed by atoms with Crippen LogP contribution in [0.5, 0.6) is 0 Å².